The van der Waals surface area contributed by atoms with Gasteiger partial charge in [0.25, 0.3) is 0 Å². The Labute approximate surface area is 124 Å². The van der Waals surface area contributed by atoms with Gasteiger partial charge in [0.05, 0.1) is 0 Å². The molecular formula is C11H14F4N2O2S2. The van der Waals surface area contributed by atoms with Crippen LogP contribution in [0.4, 0.5) is 17.6 Å². The quantitative estimate of drug-likeness (QED) is 0.586. The Balaban J connectivity index is 2.76. The minimum Gasteiger partial charge on any atom is -0.316 e. The van der Waals surface area contributed by atoms with E-state index in [4.69, 9.17) is 0 Å². The van der Waals surface area contributed by atoms with Gasteiger partial charge in [0.15, 0.2) is 0 Å². The smallest absolute Gasteiger partial charge is 0.316 e. The van der Waals surface area contributed by atoms with Gasteiger partial charge in [-0.1, -0.05) is 6.07 Å². The molecule has 0 unspecified atom stereocenters. The highest BCUT2D eigenvalue weighted by atomic mass is 32.2. The van der Waals surface area contributed by atoms with Gasteiger partial charge in [-0.2, -0.15) is 13.2 Å². The molecule has 0 atom stereocenters. The van der Waals surface area contributed by atoms with Crippen LogP contribution in [0.1, 0.15) is 5.56 Å². The number of rotatable bonds is 7. The monoisotopic (exact) mass is 346 g/mol. The van der Waals surface area contributed by atoms with Gasteiger partial charge in [0, 0.05) is 18.8 Å². The third kappa shape index (κ3) is 6.20. The molecule has 0 fully saturated rings. The summed E-state index contributed by atoms with van der Waals surface area (Å²) in [5.74, 6) is -1.44. The Kier molecular flexibility index (Phi) is 6.44. The molecule has 2 N–H and O–H groups in total. The summed E-state index contributed by atoms with van der Waals surface area (Å²) < 4.78 is 75.0. The maximum absolute atomic E-state index is 13.6. The summed E-state index contributed by atoms with van der Waals surface area (Å²) in [7, 11) is -2.54. The lowest BCUT2D eigenvalue weighted by molar-refractivity contribution is -0.0327. The van der Waals surface area contributed by atoms with Gasteiger partial charge in [-0.05, 0) is 36.5 Å². The molecule has 120 valence electrons. The summed E-state index contributed by atoms with van der Waals surface area (Å²) in [6.45, 7) is -0.102. The van der Waals surface area contributed by atoms with Crippen LogP contribution in [0.3, 0.4) is 0 Å². The van der Waals surface area contributed by atoms with Crippen LogP contribution < -0.4 is 10.0 Å². The van der Waals surface area contributed by atoms with Crippen LogP contribution >= 0.6 is 11.8 Å². The van der Waals surface area contributed by atoms with Crippen LogP contribution in [0.15, 0.2) is 23.1 Å². The molecule has 4 nitrogen and oxygen atoms in total. The standard InChI is InChI=1S/C11H14F4N2O2S2/c1-16-7-8-2-3-9(12)10(6-8)21(18,19)17-4-5-20-11(13,14)15/h2-3,6,16-17H,4-5,7H2,1H3. The van der Waals surface area contributed by atoms with Crippen LogP contribution in [-0.4, -0.2) is 33.3 Å². The Morgan fingerprint density at radius 1 is 1.29 bits per heavy atom. The second-order valence-electron chi connectivity index (χ2n) is 3.99. The zero-order valence-corrected chi connectivity index (χ0v) is 12.6. The molecule has 1 aromatic rings. The van der Waals surface area contributed by atoms with Gasteiger partial charge in [-0.15, -0.1) is 0 Å². The SMILES string of the molecule is CNCc1ccc(F)c(S(=O)(=O)NCCSC(F)(F)F)c1. The molecule has 0 aliphatic carbocycles. The van der Waals surface area contributed by atoms with Crippen molar-refractivity contribution in [1.82, 2.24) is 10.0 Å². The van der Waals surface area contributed by atoms with E-state index in [1.807, 2.05) is 4.72 Å². The van der Waals surface area contributed by atoms with Crippen LogP contribution in [0.5, 0.6) is 0 Å². The highest BCUT2D eigenvalue weighted by molar-refractivity contribution is 8.00. The summed E-state index contributed by atoms with van der Waals surface area (Å²) in [6.07, 6.45) is 0. The fraction of sp³-hybridized carbons (Fsp3) is 0.455. The molecule has 0 bridgehead atoms. The first-order chi connectivity index (χ1) is 9.65. The summed E-state index contributed by atoms with van der Waals surface area (Å²) in [6, 6.07) is 3.57. The number of nitrogens with one attached hydrogen (secondary N) is 2. The predicted molar refractivity (Wildman–Crippen MR) is 72.9 cm³/mol. The van der Waals surface area contributed by atoms with Gasteiger partial charge in [-0.3, -0.25) is 0 Å². The van der Waals surface area contributed by atoms with Crippen molar-refractivity contribution in [3.05, 3.63) is 29.6 Å². The summed E-state index contributed by atoms with van der Waals surface area (Å²) >= 11 is -0.346. The minimum atomic E-state index is -4.43. The number of thioether (sulfide) groups is 1. The maximum Gasteiger partial charge on any atom is 0.441 e. The lowest BCUT2D eigenvalue weighted by Crippen LogP contribution is -2.27. The number of halogens is 4. The van der Waals surface area contributed by atoms with E-state index in [1.54, 1.807) is 7.05 Å². The summed E-state index contributed by atoms with van der Waals surface area (Å²) in [5.41, 5.74) is -3.88. The van der Waals surface area contributed by atoms with E-state index in [1.165, 1.54) is 6.07 Å². The van der Waals surface area contributed by atoms with Crippen molar-refractivity contribution < 1.29 is 26.0 Å². The van der Waals surface area contributed by atoms with Crippen molar-refractivity contribution in [3.63, 3.8) is 0 Å². The third-order valence-corrected chi connectivity index (χ3v) is 4.54. The van der Waals surface area contributed by atoms with Crippen molar-refractivity contribution in [2.75, 3.05) is 19.3 Å². The van der Waals surface area contributed by atoms with Crippen LogP contribution in [0, 0.1) is 5.82 Å². The highest BCUT2D eigenvalue weighted by Gasteiger charge is 2.28. The Hall–Kier alpha value is -0.840. The van der Waals surface area contributed by atoms with E-state index in [9.17, 15) is 26.0 Å². The minimum absolute atomic E-state index is 0.340. The number of hydrogen-bond donors (Lipinski definition) is 2. The fourth-order valence-electron chi connectivity index (χ4n) is 1.49. The zero-order valence-electron chi connectivity index (χ0n) is 11.0. The van der Waals surface area contributed by atoms with Gasteiger partial charge in [0.1, 0.15) is 10.7 Å². The van der Waals surface area contributed by atoms with E-state index in [0.29, 0.717) is 12.1 Å². The number of hydrogen-bond acceptors (Lipinski definition) is 4. The Morgan fingerprint density at radius 3 is 2.52 bits per heavy atom. The lowest BCUT2D eigenvalue weighted by Gasteiger charge is -2.10. The van der Waals surface area contributed by atoms with Crippen molar-refractivity contribution in [3.8, 4) is 0 Å². The highest BCUT2D eigenvalue weighted by Crippen LogP contribution is 2.29. The molecular weight excluding hydrogens is 332 g/mol. The first-order valence-electron chi connectivity index (χ1n) is 5.79. The number of benzene rings is 1. The van der Waals surface area contributed by atoms with E-state index >= 15 is 0 Å². The molecule has 0 aromatic heterocycles. The second kappa shape index (κ2) is 7.43. The average molecular weight is 346 g/mol. The van der Waals surface area contributed by atoms with Crippen molar-refractivity contribution in [2.24, 2.45) is 0 Å². The molecule has 21 heavy (non-hydrogen) atoms. The molecule has 0 saturated heterocycles. The van der Waals surface area contributed by atoms with Gasteiger partial charge >= 0.3 is 5.51 Å². The molecule has 0 spiro atoms. The van der Waals surface area contributed by atoms with Crippen LogP contribution in [-0.2, 0) is 16.6 Å². The zero-order chi connectivity index (χ0) is 16.1. The maximum atomic E-state index is 13.6. The molecule has 0 amide bonds. The molecule has 0 heterocycles. The van der Waals surface area contributed by atoms with E-state index in [2.05, 4.69) is 5.32 Å². The Bertz CT molecular complexity index is 576. The van der Waals surface area contributed by atoms with E-state index in [-0.39, 0.29) is 11.8 Å². The first-order valence-corrected chi connectivity index (χ1v) is 8.26. The molecule has 0 aliphatic heterocycles. The second-order valence-corrected chi connectivity index (χ2v) is 6.88. The molecule has 0 radical (unpaired) electrons. The van der Waals surface area contributed by atoms with Crippen LogP contribution in [0.2, 0.25) is 0 Å². The van der Waals surface area contributed by atoms with Crippen LogP contribution in [0.25, 0.3) is 0 Å². The van der Waals surface area contributed by atoms with Gasteiger partial charge in [-0.25, -0.2) is 17.5 Å². The summed E-state index contributed by atoms with van der Waals surface area (Å²) in [4.78, 5) is -0.577. The average Bonchev–Trinajstić information content (AvgIpc) is 2.36. The summed E-state index contributed by atoms with van der Waals surface area (Å²) in [5, 5.41) is 2.79. The van der Waals surface area contributed by atoms with E-state index < -0.39 is 38.5 Å². The topological polar surface area (TPSA) is 58.2 Å². The lowest BCUT2D eigenvalue weighted by atomic mass is 10.2. The molecule has 10 heteroatoms. The largest absolute Gasteiger partial charge is 0.441 e. The van der Waals surface area contributed by atoms with Crippen molar-refractivity contribution in [1.29, 1.82) is 0 Å². The van der Waals surface area contributed by atoms with Gasteiger partial charge < -0.3 is 5.32 Å². The molecule has 0 aliphatic rings. The number of sulfonamides is 1. The predicted octanol–water partition coefficient (Wildman–Crippen LogP) is 2.08. The van der Waals surface area contributed by atoms with Crippen molar-refractivity contribution >= 4 is 21.8 Å². The van der Waals surface area contributed by atoms with E-state index in [0.717, 1.165) is 12.1 Å². The molecule has 1 rings (SSSR count). The molecule has 0 saturated carbocycles. The van der Waals surface area contributed by atoms with Crippen molar-refractivity contribution in [2.45, 2.75) is 16.9 Å². The fourth-order valence-corrected chi connectivity index (χ4v) is 3.21. The third-order valence-electron chi connectivity index (χ3n) is 2.33. The number of alkyl halides is 3. The molecule has 1 aromatic carbocycles. The normalized spacial score (nSPS) is 12.6. The first kappa shape index (κ1) is 18.2. The Morgan fingerprint density at radius 2 is 1.95 bits per heavy atom. The van der Waals surface area contributed by atoms with Gasteiger partial charge in [0.2, 0.25) is 10.0 Å².